The third-order valence-corrected chi connectivity index (χ3v) is 4.29. The molecule has 0 spiro atoms. The van der Waals surface area contributed by atoms with Gasteiger partial charge in [0.05, 0.1) is 5.52 Å². The number of aromatic nitrogens is 1. The molecule has 0 aliphatic heterocycles. The van der Waals surface area contributed by atoms with Gasteiger partial charge in [0.15, 0.2) is 0 Å². The van der Waals surface area contributed by atoms with Gasteiger partial charge in [-0.15, -0.1) is 11.6 Å². The smallest absolute Gasteiger partial charge is 0.126 e. The van der Waals surface area contributed by atoms with Crippen molar-refractivity contribution in [2.45, 2.75) is 31.1 Å². The molecule has 3 rings (SSSR count). The zero-order valence-electron chi connectivity index (χ0n) is 11.0. The molecule has 2 nitrogen and oxygen atoms in total. The highest BCUT2D eigenvalue weighted by atomic mass is 35.5. The topological polar surface area (TPSA) is 24.9 Å². The highest BCUT2D eigenvalue weighted by Crippen LogP contribution is 2.28. The highest BCUT2D eigenvalue weighted by Gasteiger charge is 2.19. The summed E-state index contributed by atoms with van der Waals surface area (Å²) in [6.07, 6.45) is 4.84. The number of anilines is 1. The van der Waals surface area contributed by atoms with Gasteiger partial charge in [-0.1, -0.05) is 24.6 Å². The van der Waals surface area contributed by atoms with Gasteiger partial charge in [-0.2, -0.15) is 0 Å². The molecule has 1 aliphatic rings. The van der Waals surface area contributed by atoms with Gasteiger partial charge in [0.1, 0.15) is 5.82 Å². The molecule has 0 bridgehead atoms. The number of rotatable bonds is 3. The van der Waals surface area contributed by atoms with E-state index in [1.54, 1.807) is 0 Å². The molecule has 2 unspecified atom stereocenters. The second kappa shape index (κ2) is 5.79. The van der Waals surface area contributed by atoms with E-state index >= 15 is 0 Å². The van der Waals surface area contributed by atoms with Crippen LogP contribution in [0.5, 0.6) is 0 Å². The Morgan fingerprint density at radius 1 is 1.16 bits per heavy atom. The number of hydrogen-bond acceptors (Lipinski definition) is 2. The Hall–Kier alpha value is -1.28. The molecule has 1 N–H and O–H groups in total. The van der Waals surface area contributed by atoms with Crippen molar-refractivity contribution >= 4 is 28.3 Å². The summed E-state index contributed by atoms with van der Waals surface area (Å²) < 4.78 is 0. The molecule has 0 radical (unpaired) electrons. The van der Waals surface area contributed by atoms with Gasteiger partial charge in [-0.25, -0.2) is 4.98 Å². The molecule has 2 atom stereocenters. The lowest BCUT2D eigenvalue weighted by atomic mass is 9.89. The summed E-state index contributed by atoms with van der Waals surface area (Å²) in [5, 5.41) is 5.01. The monoisotopic (exact) mass is 274 g/mol. The van der Waals surface area contributed by atoms with Crippen LogP contribution in [-0.2, 0) is 0 Å². The summed E-state index contributed by atoms with van der Waals surface area (Å²) in [7, 11) is 0. The standard InChI is InChI=1S/C16H19ClN2/c17-14-6-3-4-12(10-14)11-18-16-9-8-13-5-1-2-7-15(13)19-16/h1-2,5,7-9,12,14H,3-4,6,10-11H2,(H,18,19). The van der Waals surface area contributed by atoms with Crippen molar-refractivity contribution in [2.75, 3.05) is 11.9 Å². The summed E-state index contributed by atoms with van der Waals surface area (Å²) in [5.74, 6) is 1.65. The summed E-state index contributed by atoms with van der Waals surface area (Å²) in [5.41, 5.74) is 1.05. The molecule has 19 heavy (non-hydrogen) atoms. The van der Waals surface area contributed by atoms with E-state index in [1.807, 2.05) is 12.1 Å². The Bertz CT molecular complexity index is 555. The number of alkyl halides is 1. The molecular weight excluding hydrogens is 256 g/mol. The van der Waals surface area contributed by atoms with Crippen LogP contribution in [0.15, 0.2) is 36.4 Å². The maximum Gasteiger partial charge on any atom is 0.126 e. The third-order valence-electron chi connectivity index (χ3n) is 3.89. The molecule has 1 aromatic heterocycles. The number of fused-ring (bicyclic) bond motifs is 1. The van der Waals surface area contributed by atoms with Crippen molar-refractivity contribution in [2.24, 2.45) is 5.92 Å². The van der Waals surface area contributed by atoms with Crippen LogP contribution < -0.4 is 5.32 Å². The van der Waals surface area contributed by atoms with Crippen LogP contribution in [0.4, 0.5) is 5.82 Å². The van der Waals surface area contributed by atoms with Crippen molar-refractivity contribution in [3.8, 4) is 0 Å². The predicted octanol–water partition coefficient (Wildman–Crippen LogP) is 4.44. The third kappa shape index (κ3) is 3.19. The Labute approximate surface area is 119 Å². The van der Waals surface area contributed by atoms with E-state index in [9.17, 15) is 0 Å². The predicted molar refractivity (Wildman–Crippen MR) is 81.8 cm³/mol. The quantitative estimate of drug-likeness (QED) is 0.837. The van der Waals surface area contributed by atoms with Crippen LogP contribution in [0.1, 0.15) is 25.7 Å². The first-order valence-corrected chi connectivity index (χ1v) is 7.48. The SMILES string of the molecule is ClC1CCCC(CNc2ccc3ccccc3n2)C1. The van der Waals surface area contributed by atoms with Crippen LogP contribution in [0.2, 0.25) is 0 Å². The Kier molecular flexibility index (Phi) is 3.88. The number of nitrogens with zero attached hydrogens (tertiary/aromatic N) is 1. The first-order valence-electron chi connectivity index (χ1n) is 7.05. The fourth-order valence-corrected chi connectivity index (χ4v) is 3.23. The fourth-order valence-electron chi connectivity index (χ4n) is 2.82. The molecule has 1 fully saturated rings. The minimum absolute atomic E-state index is 0.366. The fraction of sp³-hybridized carbons (Fsp3) is 0.438. The minimum atomic E-state index is 0.366. The van der Waals surface area contributed by atoms with Gasteiger partial charge in [-0.05, 0) is 43.4 Å². The molecule has 100 valence electrons. The molecule has 1 aromatic carbocycles. The van der Waals surface area contributed by atoms with Crippen LogP contribution >= 0.6 is 11.6 Å². The van der Waals surface area contributed by atoms with Gasteiger partial charge in [0.25, 0.3) is 0 Å². The lowest BCUT2D eigenvalue weighted by Gasteiger charge is -2.25. The zero-order chi connectivity index (χ0) is 13.1. The van der Waals surface area contributed by atoms with Gasteiger partial charge in [-0.3, -0.25) is 0 Å². The van der Waals surface area contributed by atoms with Gasteiger partial charge in [0.2, 0.25) is 0 Å². The zero-order valence-corrected chi connectivity index (χ0v) is 11.7. The number of benzene rings is 1. The molecule has 3 heteroatoms. The van der Waals surface area contributed by atoms with Crippen LogP contribution in [0.25, 0.3) is 10.9 Å². The highest BCUT2D eigenvalue weighted by molar-refractivity contribution is 6.20. The Balaban J connectivity index is 1.64. The summed E-state index contributed by atoms with van der Waals surface area (Å²) in [6.45, 7) is 0.981. The number of pyridine rings is 1. The second-order valence-corrected chi connectivity index (χ2v) is 6.02. The summed E-state index contributed by atoms with van der Waals surface area (Å²) >= 11 is 6.23. The summed E-state index contributed by atoms with van der Waals surface area (Å²) in [6, 6.07) is 12.4. The van der Waals surface area contributed by atoms with Gasteiger partial charge < -0.3 is 5.32 Å². The molecule has 1 aliphatic carbocycles. The molecular formula is C16H19ClN2. The van der Waals surface area contributed by atoms with E-state index in [1.165, 1.54) is 24.6 Å². The number of hydrogen-bond donors (Lipinski definition) is 1. The average Bonchev–Trinajstić information content (AvgIpc) is 2.45. The van der Waals surface area contributed by atoms with Crippen molar-refractivity contribution in [3.63, 3.8) is 0 Å². The van der Waals surface area contributed by atoms with E-state index in [0.717, 1.165) is 24.3 Å². The van der Waals surface area contributed by atoms with Crippen molar-refractivity contribution in [1.82, 2.24) is 4.98 Å². The van der Waals surface area contributed by atoms with Gasteiger partial charge in [0, 0.05) is 17.3 Å². The summed E-state index contributed by atoms with van der Waals surface area (Å²) in [4.78, 5) is 4.63. The van der Waals surface area contributed by atoms with Crippen molar-refractivity contribution < 1.29 is 0 Å². The average molecular weight is 275 g/mol. The number of nitrogens with one attached hydrogen (secondary N) is 1. The Morgan fingerprint density at radius 3 is 2.95 bits per heavy atom. The van der Waals surface area contributed by atoms with Crippen LogP contribution in [0, 0.1) is 5.92 Å². The molecule has 2 aromatic rings. The lowest BCUT2D eigenvalue weighted by molar-refractivity contribution is 0.378. The lowest BCUT2D eigenvalue weighted by Crippen LogP contribution is -2.22. The maximum absolute atomic E-state index is 6.23. The van der Waals surface area contributed by atoms with E-state index in [2.05, 4.69) is 34.6 Å². The first kappa shape index (κ1) is 12.7. The first-order chi connectivity index (χ1) is 9.31. The number of para-hydroxylation sites is 1. The maximum atomic E-state index is 6.23. The van der Waals surface area contributed by atoms with Crippen LogP contribution in [0.3, 0.4) is 0 Å². The largest absolute Gasteiger partial charge is 0.370 e. The molecule has 1 heterocycles. The van der Waals surface area contributed by atoms with Crippen molar-refractivity contribution in [1.29, 1.82) is 0 Å². The van der Waals surface area contributed by atoms with Crippen molar-refractivity contribution in [3.05, 3.63) is 36.4 Å². The molecule has 1 saturated carbocycles. The van der Waals surface area contributed by atoms with Crippen LogP contribution in [-0.4, -0.2) is 16.9 Å². The minimum Gasteiger partial charge on any atom is -0.370 e. The van der Waals surface area contributed by atoms with E-state index in [-0.39, 0.29) is 0 Å². The molecule has 0 amide bonds. The van der Waals surface area contributed by atoms with Gasteiger partial charge >= 0.3 is 0 Å². The second-order valence-electron chi connectivity index (χ2n) is 5.40. The van der Waals surface area contributed by atoms with E-state index in [0.29, 0.717) is 11.3 Å². The Morgan fingerprint density at radius 2 is 2.05 bits per heavy atom. The van der Waals surface area contributed by atoms with E-state index in [4.69, 9.17) is 11.6 Å². The normalized spacial score (nSPS) is 23.4. The molecule has 0 saturated heterocycles. The van der Waals surface area contributed by atoms with E-state index < -0.39 is 0 Å². The number of halogens is 1.